The molecule has 1 aromatic heterocycles. The van der Waals surface area contributed by atoms with Crippen molar-refractivity contribution >= 4 is 63.8 Å². The summed E-state index contributed by atoms with van der Waals surface area (Å²) in [6.07, 6.45) is 1.32. The van der Waals surface area contributed by atoms with Gasteiger partial charge in [-0.25, -0.2) is 9.69 Å². The average molecular weight is 533 g/mol. The normalized spacial score (nSPS) is 15.6. The molecular formula is C22H14ClIN2O4. The lowest BCUT2D eigenvalue weighted by molar-refractivity contribution is -0.122. The van der Waals surface area contributed by atoms with Crippen molar-refractivity contribution in [2.75, 3.05) is 4.90 Å². The zero-order valence-electron chi connectivity index (χ0n) is 15.6. The van der Waals surface area contributed by atoms with Crippen molar-refractivity contribution in [1.29, 1.82) is 0 Å². The summed E-state index contributed by atoms with van der Waals surface area (Å²) in [6, 6.07) is 15.1. The molecule has 1 aliphatic rings. The number of barbiturate groups is 1. The van der Waals surface area contributed by atoms with Crippen LogP contribution in [0, 0.1) is 10.5 Å². The highest BCUT2D eigenvalue weighted by Gasteiger charge is 2.37. The van der Waals surface area contributed by atoms with Crippen LogP contribution in [0.5, 0.6) is 0 Å². The summed E-state index contributed by atoms with van der Waals surface area (Å²) >= 11 is 8.34. The summed E-state index contributed by atoms with van der Waals surface area (Å²) in [5.74, 6) is -0.624. The minimum absolute atomic E-state index is 0.213. The van der Waals surface area contributed by atoms with E-state index in [9.17, 15) is 14.4 Å². The number of furan rings is 1. The van der Waals surface area contributed by atoms with Gasteiger partial charge in [-0.1, -0.05) is 29.8 Å². The van der Waals surface area contributed by atoms with Gasteiger partial charge in [0.1, 0.15) is 17.1 Å². The summed E-state index contributed by atoms with van der Waals surface area (Å²) < 4.78 is 6.87. The fourth-order valence-corrected chi connectivity index (χ4v) is 3.49. The molecular weight excluding hydrogens is 519 g/mol. The highest BCUT2D eigenvalue weighted by Crippen LogP contribution is 2.28. The van der Waals surface area contributed by atoms with Crippen LogP contribution in [0.25, 0.3) is 17.4 Å². The van der Waals surface area contributed by atoms with Gasteiger partial charge < -0.3 is 4.42 Å². The van der Waals surface area contributed by atoms with Gasteiger partial charge >= 0.3 is 6.03 Å². The van der Waals surface area contributed by atoms with E-state index < -0.39 is 17.8 Å². The molecule has 0 unspecified atom stereocenters. The van der Waals surface area contributed by atoms with Crippen molar-refractivity contribution < 1.29 is 18.8 Å². The first-order chi connectivity index (χ1) is 14.3. The van der Waals surface area contributed by atoms with Crippen LogP contribution in [0.2, 0.25) is 5.02 Å². The van der Waals surface area contributed by atoms with Crippen LogP contribution in [0.15, 0.2) is 64.6 Å². The maximum Gasteiger partial charge on any atom is 0.335 e. The van der Waals surface area contributed by atoms with E-state index in [0.717, 1.165) is 19.6 Å². The van der Waals surface area contributed by atoms with Gasteiger partial charge in [-0.05, 0) is 77.6 Å². The molecule has 0 aliphatic carbocycles. The zero-order chi connectivity index (χ0) is 21.4. The smallest absolute Gasteiger partial charge is 0.335 e. The van der Waals surface area contributed by atoms with Gasteiger partial charge in [0.2, 0.25) is 0 Å². The number of nitrogens with one attached hydrogen (secondary N) is 1. The van der Waals surface area contributed by atoms with Gasteiger partial charge in [-0.3, -0.25) is 14.9 Å². The van der Waals surface area contributed by atoms with Crippen LogP contribution < -0.4 is 10.2 Å². The van der Waals surface area contributed by atoms with E-state index in [-0.39, 0.29) is 11.3 Å². The van der Waals surface area contributed by atoms with E-state index in [1.165, 1.54) is 12.1 Å². The summed E-state index contributed by atoms with van der Waals surface area (Å²) in [5.41, 5.74) is 1.72. The number of carbonyl (C=O) groups excluding carboxylic acids is 3. The minimum atomic E-state index is -0.832. The fourth-order valence-electron chi connectivity index (χ4n) is 2.95. The largest absolute Gasteiger partial charge is 0.457 e. The molecule has 6 nitrogen and oxygen atoms in total. The van der Waals surface area contributed by atoms with Crippen LogP contribution >= 0.6 is 34.2 Å². The average Bonchev–Trinajstić information content (AvgIpc) is 3.17. The zero-order valence-corrected chi connectivity index (χ0v) is 18.5. The summed E-state index contributed by atoms with van der Waals surface area (Å²) in [6.45, 7) is 1.81. The molecule has 1 saturated heterocycles. The summed E-state index contributed by atoms with van der Waals surface area (Å²) in [5, 5.41) is 2.59. The first-order valence-corrected chi connectivity index (χ1v) is 10.3. The fraction of sp³-hybridized carbons (Fsp3) is 0.0455. The third-order valence-electron chi connectivity index (χ3n) is 4.56. The van der Waals surface area contributed by atoms with Crippen LogP contribution in [-0.4, -0.2) is 17.8 Å². The second-order valence-corrected chi connectivity index (χ2v) is 8.25. The molecule has 30 heavy (non-hydrogen) atoms. The molecule has 150 valence electrons. The maximum absolute atomic E-state index is 13.0. The first kappa shape index (κ1) is 20.4. The van der Waals surface area contributed by atoms with E-state index in [1.807, 2.05) is 24.3 Å². The topological polar surface area (TPSA) is 79.6 Å². The molecule has 0 saturated carbocycles. The van der Waals surface area contributed by atoms with Gasteiger partial charge in [0, 0.05) is 14.2 Å². The Morgan fingerprint density at radius 3 is 2.47 bits per heavy atom. The number of hydrogen-bond donors (Lipinski definition) is 1. The van der Waals surface area contributed by atoms with Crippen LogP contribution in [0.1, 0.15) is 11.3 Å². The number of imide groups is 2. The molecule has 1 fully saturated rings. The predicted octanol–water partition coefficient (Wildman–Crippen LogP) is 5.18. The Bertz CT molecular complexity index is 1210. The van der Waals surface area contributed by atoms with Gasteiger partial charge in [0.05, 0.1) is 5.69 Å². The molecule has 0 spiro atoms. The molecule has 1 N–H and O–H groups in total. The van der Waals surface area contributed by atoms with Gasteiger partial charge in [0.25, 0.3) is 11.8 Å². The molecule has 2 aromatic carbocycles. The molecule has 8 heteroatoms. The number of anilines is 1. The lowest BCUT2D eigenvalue weighted by Gasteiger charge is -2.26. The van der Waals surface area contributed by atoms with Crippen LogP contribution in [-0.2, 0) is 9.59 Å². The molecule has 2 heterocycles. The third kappa shape index (κ3) is 3.90. The highest BCUT2D eigenvalue weighted by molar-refractivity contribution is 14.1. The lowest BCUT2D eigenvalue weighted by atomic mass is 10.1. The second-order valence-electron chi connectivity index (χ2n) is 6.60. The second kappa shape index (κ2) is 8.08. The minimum Gasteiger partial charge on any atom is -0.457 e. The number of aryl methyl sites for hydroxylation is 1. The number of urea groups is 1. The van der Waals surface area contributed by atoms with E-state index in [4.69, 9.17) is 16.0 Å². The van der Waals surface area contributed by atoms with Crippen molar-refractivity contribution in [2.24, 2.45) is 0 Å². The Hall–Kier alpha value is -2.91. The standard InChI is InChI=1S/C22H14ClIN2O4/c1-12-2-7-15(10-18(12)23)26-21(28)17(20(27)25-22(26)29)11-16-8-9-19(30-16)13-3-5-14(24)6-4-13/h2-11H,1H3,(H,25,27,29)/b17-11-. The Kier molecular flexibility index (Phi) is 5.48. The van der Waals surface area contributed by atoms with E-state index >= 15 is 0 Å². The number of amides is 4. The molecule has 1 aliphatic heterocycles. The predicted molar refractivity (Wildman–Crippen MR) is 122 cm³/mol. The maximum atomic E-state index is 13.0. The van der Waals surface area contributed by atoms with Crippen molar-refractivity contribution in [1.82, 2.24) is 5.32 Å². The number of rotatable bonds is 3. The number of halogens is 2. The summed E-state index contributed by atoms with van der Waals surface area (Å²) in [4.78, 5) is 38.4. The van der Waals surface area contributed by atoms with Crippen molar-refractivity contribution in [3.05, 3.63) is 80.1 Å². The molecule has 0 bridgehead atoms. The van der Waals surface area contributed by atoms with E-state index in [2.05, 4.69) is 27.9 Å². The van der Waals surface area contributed by atoms with E-state index in [0.29, 0.717) is 16.5 Å². The third-order valence-corrected chi connectivity index (χ3v) is 5.68. The number of carbonyl (C=O) groups is 3. The Labute approximate surface area is 190 Å². The quantitative estimate of drug-likeness (QED) is 0.286. The Morgan fingerprint density at radius 2 is 1.77 bits per heavy atom. The molecule has 0 atom stereocenters. The number of benzene rings is 2. The first-order valence-electron chi connectivity index (χ1n) is 8.87. The molecule has 4 rings (SSSR count). The van der Waals surface area contributed by atoms with Crippen LogP contribution in [0.3, 0.4) is 0 Å². The number of nitrogens with zero attached hydrogens (tertiary/aromatic N) is 1. The van der Waals surface area contributed by atoms with E-state index in [1.54, 1.807) is 31.2 Å². The summed E-state index contributed by atoms with van der Waals surface area (Å²) in [7, 11) is 0. The highest BCUT2D eigenvalue weighted by atomic mass is 127. The number of hydrogen-bond acceptors (Lipinski definition) is 4. The van der Waals surface area contributed by atoms with Gasteiger partial charge in [-0.15, -0.1) is 0 Å². The van der Waals surface area contributed by atoms with Crippen molar-refractivity contribution in [3.8, 4) is 11.3 Å². The monoisotopic (exact) mass is 532 g/mol. The Morgan fingerprint density at radius 1 is 1.03 bits per heavy atom. The van der Waals surface area contributed by atoms with Crippen molar-refractivity contribution in [3.63, 3.8) is 0 Å². The van der Waals surface area contributed by atoms with Crippen LogP contribution in [0.4, 0.5) is 10.5 Å². The molecule has 0 radical (unpaired) electrons. The molecule has 4 amide bonds. The Balaban J connectivity index is 1.67. The molecule has 3 aromatic rings. The SMILES string of the molecule is Cc1ccc(N2C(=O)NC(=O)/C(=C/c3ccc(-c4ccc(I)cc4)o3)C2=O)cc1Cl. The van der Waals surface area contributed by atoms with Gasteiger partial charge in [-0.2, -0.15) is 0 Å². The van der Waals surface area contributed by atoms with Gasteiger partial charge in [0.15, 0.2) is 0 Å². The van der Waals surface area contributed by atoms with Crippen molar-refractivity contribution in [2.45, 2.75) is 6.92 Å². The lowest BCUT2D eigenvalue weighted by Crippen LogP contribution is -2.54.